The predicted octanol–water partition coefficient (Wildman–Crippen LogP) is 4.66. The molecule has 0 bridgehead atoms. The lowest BCUT2D eigenvalue weighted by molar-refractivity contribution is 0.103. The summed E-state index contributed by atoms with van der Waals surface area (Å²) in [6.07, 6.45) is 10.3. The number of aromatic nitrogens is 1. The Balaban J connectivity index is 1.91. The van der Waals surface area contributed by atoms with Crippen molar-refractivity contribution in [2.24, 2.45) is 0 Å². The second-order valence-corrected chi connectivity index (χ2v) is 7.86. The Labute approximate surface area is 168 Å². The van der Waals surface area contributed by atoms with E-state index in [2.05, 4.69) is 48.2 Å². The molecule has 0 N–H and O–H groups in total. The Morgan fingerprint density at radius 1 is 1.21 bits per heavy atom. The van der Waals surface area contributed by atoms with Crippen LogP contribution in [0.4, 0.5) is 5.69 Å². The van der Waals surface area contributed by atoms with Gasteiger partial charge in [0, 0.05) is 43.4 Å². The molecule has 28 heavy (non-hydrogen) atoms. The summed E-state index contributed by atoms with van der Waals surface area (Å²) in [5.74, 6) is 0.0573. The van der Waals surface area contributed by atoms with Gasteiger partial charge in [-0.25, -0.2) is 0 Å². The van der Waals surface area contributed by atoms with Crippen molar-refractivity contribution in [1.29, 1.82) is 0 Å². The fourth-order valence-corrected chi connectivity index (χ4v) is 3.82. The standard InChI is InChI=1S/C24H31N3O/c1-6-23-22(24(28)21-10-8-7-9-18(4)19(21)5)15-20(16-25-23)27-13-11-26(12-14-27)17(2)3/h6-9,15-17H,1,10-14H2,2-5H3. The SMILES string of the molecule is C=Cc1ncc(N2CCN(C(C)C)CC2)cc1C(=O)C1=C(C)C(C)=CC=CC1. The minimum Gasteiger partial charge on any atom is -0.368 e. The van der Waals surface area contributed by atoms with E-state index in [9.17, 15) is 4.79 Å². The fourth-order valence-electron chi connectivity index (χ4n) is 3.82. The average molecular weight is 378 g/mol. The molecule has 0 atom stereocenters. The van der Waals surface area contributed by atoms with Gasteiger partial charge in [0.25, 0.3) is 0 Å². The number of nitrogens with zero attached hydrogens (tertiary/aromatic N) is 3. The Morgan fingerprint density at radius 3 is 2.57 bits per heavy atom. The van der Waals surface area contributed by atoms with E-state index in [1.54, 1.807) is 6.08 Å². The number of hydrogen-bond acceptors (Lipinski definition) is 4. The highest BCUT2D eigenvalue weighted by Crippen LogP contribution is 2.27. The van der Waals surface area contributed by atoms with Gasteiger partial charge >= 0.3 is 0 Å². The number of hydrogen-bond donors (Lipinski definition) is 0. The van der Waals surface area contributed by atoms with E-state index in [4.69, 9.17) is 0 Å². The molecule has 0 radical (unpaired) electrons. The molecular weight excluding hydrogens is 346 g/mol. The molecule has 3 rings (SSSR count). The first kappa shape index (κ1) is 20.3. The summed E-state index contributed by atoms with van der Waals surface area (Å²) >= 11 is 0. The summed E-state index contributed by atoms with van der Waals surface area (Å²) in [4.78, 5) is 22.8. The summed E-state index contributed by atoms with van der Waals surface area (Å²) < 4.78 is 0. The molecule has 1 aromatic rings. The van der Waals surface area contributed by atoms with Crippen molar-refractivity contribution in [2.75, 3.05) is 31.1 Å². The van der Waals surface area contributed by atoms with Gasteiger partial charge in [0.15, 0.2) is 5.78 Å². The number of piperazine rings is 1. The first-order valence-corrected chi connectivity index (χ1v) is 10.1. The molecule has 4 nitrogen and oxygen atoms in total. The van der Waals surface area contributed by atoms with E-state index in [-0.39, 0.29) is 5.78 Å². The second kappa shape index (κ2) is 8.70. The summed E-state index contributed by atoms with van der Waals surface area (Å²) in [5.41, 5.74) is 5.36. The van der Waals surface area contributed by atoms with E-state index in [1.807, 2.05) is 31.3 Å². The summed E-state index contributed by atoms with van der Waals surface area (Å²) in [5, 5.41) is 0. The molecule has 0 aromatic carbocycles. The van der Waals surface area contributed by atoms with E-state index >= 15 is 0 Å². The van der Waals surface area contributed by atoms with Crippen molar-refractivity contribution in [3.05, 3.63) is 65.0 Å². The van der Waals surface area contributed by atoms with Crippen LogP contribution < -0.4 is 4.90 Å². The third kappa shape index (κ3) is 4.17. The van der Waals surface area contributed by atoms with Crippen LogP contribution in [0.5, 0.6) is 0 Å². The van der Waals surface area contributed by atoms with Crippen molar-refractivity contribution in [1.82, 2.24) is 9.88 Å². The molecule has 148 valence electrons. The summed E-state index contributed by atoms with van der Waals surface area (Å²) in [6.45, 7) is 16.4. The molecule has 0 amide bonds. The minimum atomic E-state index is 0.0573. The number of anilines is 1. The number of rotatable bonds is 5. The molecule has 1 saturated heterocycles. The van der Waals surface area contributed by atoms with Gasteiger partial charge in [0.05, 0.1) is 17.6 Å². The second-order valence-electron chi connectivity index (χ2n) is 7.86. The molecule has 1 aliphatic carbocycles. The smallest absolute Gasteiger partial charge is 0.191 e. The van der Waals surface area contributed by atoms with Crippen LogP contribution in [0.1, 0.15) is 50.2 Å². The third-order valence-electron chi connectivity index (χ3n) is 5.87. The molecular formula is C24H31N3O. The zero-order valence-electron chi connectivity index (χ0n) is 17.5. The van der Waals surface area contributed by atoms with Gasteiger partial charge in [0.2, 0.25) is 0 Å². The van der Waals surface area contributed by atoms with Gasteiger partial charge in [-0.1, -0.05) is 24.8 Å². The van der Waals surface area contributed by atoms with E-state index in [1.165, 1.54) is 0 Å². The van der Waals surface area contributed by atoms with Crippen LogP contribution in [0.3, 0.4) is 0 Å². The lowest BCUT2D eigenvalue weighted by Crippen LogP contribution is -2.49. The summed E-state index contributed by atoms with van der Waals surface area (Å²) in [7, 11) is 0. The zero-order chi connectivity index (χ0) is 20.3. The minimum absolute atomic E-state index is 0.0573. The van der Waals surface area contributed by atoms with Gasteiger partial charge in [-0.15, -0.1) is 0 Å². The van der Waals surface area contributed by atoms with Gasteiger partial charge in [-0.3, -0.25) is 14.7 Å². The van der Waals surface area contributed by atoms with Crippen molar-refractivity contribution in [3.8, 4) is 0 Å². The maximum Gasteiger partial charge on any atom is 0.191 e. The highest BCUT2D eigenvalue weighted by atomic mass is 16.1. The fraction of sp³-hybridized carbons (Fsp3) is 0.417. The van der Waals surface area contributed by atoms with Crippen LogP contribution in [-0.2, 0) is 0 Å². The molecule has 2 aliphatic rings. The highest BCUT2D eigenvalue weighted by molar-refractivity contribution is 6.11. The topological polar surface area (TPSA) is 36.4 Å². The lowest BCUT2D eigenvalue weighted by Gasteiger charge is -2.38. The first-order chi connectivity index (χ1) is 13.4. The Bertz CT molecular complexity index is 853. The summed E-state index contributed by atoms with van der Waals surface area (Å²) in [6, 6.07) is 2.57. The molecule has 4 heteroatoms. The molecule has 1 aromatic heterocycles. The molecule has 0 spiro atoms. The van der Waals surface area contributed by atoms with Crippen LogP contribution in [0, 0.1) is 0 Å². The van der Waals surface area contributed by atoms with E-state index < -0.39 is 0 Å². The maximum atomic E-state index is 13.4. The van der Waals surface area contributed by atoms with Crippen LogP contribution in [0.2, 0.25) is 0 Å². The van der Waals surface area contributed by atoms with Crippen molar-refractivity contribution in [2.45, 2.75) is 40.2 Å². The van der Waals surface area contributed by atoms with Gasteiger partial charge in [-0.2, -0.15) is 0 Å². The Hall–Kier alpha value is -2.46. The maximum absolute atomic E-state index is 13.4. The van der Waals surface area contributed by atoms with E-state index in [0.29, 0.717) is 23.7 Å². The predicted molar refractivity (Wildman–Crippen MR) is 118 cm³/mol. The number of carbonyl (C=O) groups excluding carboxylic acids is 1. The third-order valence-corrected chi connectivity index (χ3v) is 5.87. The van der Waals surface area contributed by atoms with Gasteiger partial charge < -0.3 is 4.90 Å². The van der Waals surface area contributed by atoms with Crippen LogP contribution >= 0.6 is 0 Å². The molecule has 1 aliphatic heterocycles. The number of carbonyl (C=O) groups is 1. The zero-order valence-corrected chi connectivity index (χ0v) is 17.5. The normalized spacial score (nSPS) is 18.3. The van der Waals surface area contributed by atoms with E-state index in [0.717, 1.165) is 48.6 Å². The van der Waals surface area contributed by atoms with Crippen LogP contribution in [0.15, 0.2) is 53.8 Å². The number of ketones is 1. The Kier molecular flexibility index (Phi) is 6.30. The van der Waals surface area contributed by atoms with Gasteiger partial charge in [0.1, 0.15) is 0 Å². The highest BCUT2D eigenvalue weighted by Gasteiger charge is 2.23. The monoisotopic (exact) mass is 377 g/mol. The average Bonchev–Trinajstić information content (AvgIpc) is 2.88. The molecule has 0 unspecified atom stereocenters. The number of pyridine rings is 1. The molecule has 2 heterocycles. The van der Waals surface area contributed by atoms with Crippen molar-refractivity contribution in [3.63, 3.8) is 0 Å². The van der Waals surface area contributed by atoms with Crippen LogP contribution in [0.25, 0.3) is 6.08 Å². The molecule has 0 saturated carbocycles. The number of allylic oxidation sites excluding steroid dienone is 6. The van der Waals surface area contributed by atoms with Crippen LogP contribution in [-0.4, -0.2) is 47.9 Å². The molecule has 1 fully saturated rings. The lowest BCUT2D eigenvalue weighted by atomic mass is 9.93. The largest absolute Gasteiger partial charge is 0.368 e. The Morgan fingerprint density at radius 2 is 1.93 bits per heavy atom. The number of Topliss-reactive ketones (excluding diaryl/α,β-unsaturated/α-hetero) is 1. The van der Waals surface area contributed by atoms with Crippen molar-refractivity contribution >= 4 is 17.5 Å². The quantitative estimate of drug-likeness (QED) is 0.699. The van der Waals surface area contributed by atoms with Crippen molar-refractivity contribution < 1.29 is 4.79 Å². The van der Waals surface area contributed by atoms with Gasteiger partial charge in [-0.05, 0) is 57.4 Å². The first-order valence-electron chi connectivity index (χ1n) is 10.1.